The second-order valence-corrected chi connectivity index (χ2v) is 6.54. The van der Waals surface area contributed by atoms with Crippen molar-refractivity contribution in [2.75, 3.05) is 13.1 Å². The summed E-state index contributed by atoms with van der Waals surface area (Å²) in [5.74, 6) is 0.828. The van der Waals surface area contributed by atoms with Crippen LogP contribution in [-0.4, -0.2) is 40.4 Å². The van der Waals surface area contributed by atoms with E-state index >= 15 is 0 Å². The molecule has 4 heteroatoms. The normalized spacial score (nSPS) is 23.2. The van der Waals surface area contributed by atoms with Crippen molar-refractivity contribution in [3.05, 3.63) is 0 Å². The third-order valence-corrected chi connectivity index (χ3v) is 3.34. The van der Waals surface area contributed by atoms with E-state index in [-0.39, 0.29) is 6.09 Å². The summed E-state index contributed by atoms with van der Waals surface area (Å²) < 4.78 is 5.25. The molecule has 0 spiro atoms. The van der Waals surface area contributed by atoms with Gasteiger partial charge in [-0.25, -0.2) is 4.79 Å². The largest absolute Gasteiger partial charge is 0.444 e. The molecule has 1 heterocycles. The van der Waals surface area contributed by atoms with E-state index in [4.69, 9.17) is 4.74 Å². The summed E-state index contributed by atoms with van der Waals surface area (Å²) in [5.41, 5.74) is -1.11. The van der Waals surface area contributed by atoms with Gasteiger partial charge in [-0.2, -0.15) is 0 Å². The number of nitrogens with zero attached hydrogens (tertiary/aromatic N) is 1. The Labute approximate surface area is 103 Å². The molecular weight excluding hydrogens is 218 g/mol. The van der Waals surface area contributed by atoms with Crippen LogP contribution >= 0.6 is 0 Å². The Morgan fingerprint density at radius 2 is 2.00 bits per heavy atom. The van der Waals surface area contributed by atoms with Gasteiger partial charge in [-0.3, -0.25) is 0 Å². The van der Waals surface area contributed by atoms with Crippen molar-refractivity contribution in [3.63, 3.8) is 0 Å². The number of β-amino-alcohol motifs (C(OH)–C–C–N with tert-alkyl or cyclic N) is 1. The molecule has 4 nitrogen and oxygen atoms in total. The Hall–Kier alpha value is -0.770. The molecule has 1 aliphatic heterocycles. The molecule has 2 rings (SSSR count). The van der Waals surface area contributed by atoms with Crippen LogP contribution in [0.3, 0.4) is 0 Å². The topological polar surface area (TPSA) is 49.8 Å². The number of ether oxygens (including phenoxy) is 1. The summed E-state index contributed by atoms with van der Waals surface area (Å²) >= 11 is 0. The van der Waals surface area contributed by atoms with Crippen molar-refractivity contribution in [3.8, 4) is 0 Å². The summed E-state index contributed by atoms with van der Waals surface area (Å²) in [6.45, 7) is 6.40. The van der Waals surface area contributed by atoms with Crippen molar-refractivity contribution >= 4 is 6.09 Å². The van der Waals surface area contributed by atoms with Crippen LogP contribution in [0.2, 0.25) is 0 Å². The molecule has 0 unspecified atom stereocenters. The smallest absolute Gasteiger partial charge is 0.410 e. The van der Waals surface area contributed by atoms with Gasteiger partial charge in [0.15, 0.2) is 0 Å². The summed E-state index contributed by atoms with van der Waals surface area (Å²) in [6, 6.07) is 0. The minimum atomic E-state index is -0.653. The Bertz CT molecular complexity index is 298. The van der Waals surface area contributed by atoms with Crippen molar-refractivity contribution in [2.45, 2.75) is 57.7 Å². The van der Waals surface area contributed by atoms with Gasteiger partial charge in [0.1, 0.15) is 5.60 Å². The third kappa shape index (κ3) is 3.60. The predicted molar refractivity (Wildman–Crippen MR) is 64.7 cm³/mol. The highest BCUT2D eigenvalue weighted by Crippen LogP contribution is 2.37. The Morgan fingerprint density at radius 3 is 2.47 bits per heavy atom. The van der Waals surface area contributed by atoms with Gasteiger partial charge in [0, 0.05) is 0 Å². The average Bonchev–Trinajstić information content (AvgIpc) is 2.90. The molecule has 1 N–H and O–H groups in total. The van der Waals surface area contributed by atoms with E-state index in [9.17, 15) is 9.90 Å². The van der Waals surface area contributed by atoms with Gasteiger partial charge in [-0.05, 0) is 39.5 Å². The molecule has 0 aromatic rings. The van der Waals surface area contributed by atoms with E-state index in [1.54, 1.807) is 4.90 Å². The standard InChI is InChI=1S/C13H23NO3/c1-12(2,3)17-11(15)14-8-13(16,9-14)7-6-10-4-5-10/h10,16H,4-9H2,1-3H3. The zero-order chi connectivity index (χ0) is 12.7. The number of carbonyl (C=O) groups is 1. The van der Waals surface area contributed by atoms with Crippen LogP contribution in [0.25, 0.3) is 0 Å². The van der Waals surface area contributed by atoms with Crippen LogP contribution in [0.4, 0.5) is 4.79 Å². The number of rotatable bonds is 3. The minimum absolute atomic E-state index is 0.311. The zero-order valence-electron chi connectivity index (χ0n) is 11.0. The van der Waals surface area contributed by atoms with Crippen molar-refractivity contribution in [1.29, 1.82) is 0 Å². The Kier molecular flexibility index (Phi) is 3.10. The number of aliphatic hydroxyl groups is 1. The fourth-order valence-corrected chi connectivity index (χ4v) is 2.16. The van der Waals surface area contributed by atoms with Gasteiger partial charge in [-0.15, -0.1) is 0 Å². The highest BCUT2D eigenvalue weighted by atomic mass is 16.6. The molecule has 0 radical (unpaired) electrons. The minimum Gasteiger partial charge on any atom is -0.444 e. The van der Waals surface area contributed by atoms with E-state index in [2.05, 4.69) is 0 Å². The molecule has 2 aliphatic rings. The van der Waals surface area contributed by atoms with Crippen LogP contribution in [-0.2, 0) is 4.74 Å². The zero-order valence-corrected chi connectivity index (χ0v) is 11.0. The van der Waals surface area contributed by atoms with E-state index in [1.165, 1.54) is 12.8 Å². The summed E-state index contributed by atoms with van der Waals surface area (Å²) in [7, 11) is 0. The first-order valence-electron chi connectivity index (χ1n) is 6.48. The van der Waals surface area contributed by atoms with Gasteiger partial charge in [-0.1, -0.05) is 12.8 Å². The maximum Gasteiger partial charge on any atom is 0.410 e. The first kappa shape index (κ1) is 12.7. The molecule has 1 saturated heterocycles. The fourth-order valence-electron chi connectivity index (χ4n) is 2.16. The second kappa shape index (κ2) is 4.16. The first-order valence-corrected chi connectivity index (χ1v) is 6.48. The molecule has 0 aromatic heterocycles. The van der Waals surface area contributed by atoms with Gasteiger partial charge >= 0.3 is 6.09 Å². The molecule has 0 atom stereocenters. The maximum absolute atomic E-state index is 11.7. The van der Waals surface area contributed by atoms with Gasteiger partial charge in [0.2, 0.25) is 0 Å². The lowest BCUT2D eigenvalue weighted by molar-refractivity contribution is -0.104. The quantitative estimate of drug-likeness (QED) is 0.823. The van der Waals surface area contributed by atoms with E-state index in [1.807, 2.05) is 20.8 Å². The molecule has 1 amide bonds. The van der Waals surface area contributed by atoms with Crippen LogP contribution < -0.4 is 0 Å². The lowest BCUT2D eigenvalue weighted by Crippen LogP contribution is -2.64. The summed E-state index contributed by atoms with van der Waals surface area (Å²) in [6.07, 6.45) is 4.22. The van der Waals surface area contributed by atoms with Gasteiger partial charge in [0.05, 0.1) is 18.7 Å². The highest BCUT2D eigenvalue weighted by molar-refractivity contribution is 5.69. The lowest BCUT2D eigenvalue weighted by Gasteiger charge is -2.46. The van der Waals surface area contributed by atoms with E-state index in [0.717, 1.165) is 18.8 Å². The van der Waals surface area contributed by atoms with Crippen LogP contribution in [0.5, 0.6) is 0 Å². The van der Waals surface area contributed by atoms with Crippen LogP contribution in [0.1, 0.15) is 46.5 Å². The number of carbonyl (C=O) groups excluding carboxylic acids is 1. The Morgan fingerprint density at radius 1 is 1.41 bits per heavy atom. The molecule has 0 aromatic carbocycles. The highest BCUT2D eigenvalue weighted by Gasteiger charge is 2.45. The molecule has 1 saturated carbocycles. The van der Waals surface area contributed by atoms with Gasteiger partial charge in [0.25, 0.3) is 0 Å². The van der Waals surface area contributed by atoms with Crippen molar-refractivity contribution in [1.82, 2.24) is 4.90 Å². The summed E-state index contributed by atoms with van der Waals surface area (Å²) in [4.78, 5) is 13.3. The van der Waals surface area contributed by atoms with Crippen molar-refractivity contribution in [2.24, 2.45) is 5.92 Å². The van der Waals surface area contributed by atoms with Crippen molar-refractivity contribution < 1.29 is 14.6 Å². The first-order chi connectivity index (χ1) is 7.77. The fraction of sp³-hybridized carbons (Fsp3) is 0.923. The number of hydrogen-bond acceptors (Lipinski definition) is 3. The number of hydrogen-bond donors (Lipinski definition) is 1. The maximum atomic E-state index is 11.7. The predicted octanol–water partition coefficient (Wildman–Crippen LogP) is 2.16. The average molecular weight is 241 g/mol. The molecule has 0 bridgehead atoms. The molecule has 1 aliphatic carbocycles. The third-order valence-electron chi connectivity index (χ3n) is 3.34. The molecular formula is C13H23NO3. The molecule has 2 fully saturated rings. The summed E-state index contributed by atoms with van der Waals surface area (Å²) in [5, 5.41) is 10.2. The second-order valence-electron chi connectivity index (χ2n) is 6.54. The number of likely N-dealkylation sites (tertiary alicyclic amines) is 1. The lowest BCUT2D eigenvalue weighted by atomic mass is 9.88. The number of amides is 1. The van der Waals surface area contributed by atoms with E-state index in [0.29, 0.717) is 13.1 Å². The van der Waals surface area contributed by atoms with Gasteiger partial charge < -0.3 is 14.7 Å². The molecule has 17 heavy (non-hydrogen) atoms. The van der Waals surface area contributed by atoms with Crippen LogP contribution in [0.15, 0.2) is 0 Å². The SMILES string of the molecule is CC(C)(C)OC(=O)N1CC(O)(CCC2CC2)C1. The Balaban J connectivity index is 1.71. The molecule has 98 valence electrons. The monoisotopic (exact) mass is 241 g/mol. The van der Waals surface area contributed by atoms with E-state index < -0.39 is 11.2 Å². The van der Waals surface area contributed by atoms with Crippen LogP contribution in [0, 0.1) is 5.92 Å².